The molecule has 1 aliphatic carbocycles. The van der Waals surface area contributed by atoms with Crippen LogP contribution in [0.1, 0.15) is 51.7 Å². The molecule has 2 aromatic heterocycles. The van der Waals surface area contributed by atoms with Gasteiger partial charge in [0, 0.05) is 18.2 Å². The summed E-state index contributed by atoms with van der Waals surface area (Å²) in [6, 6.07) is 6.87. The van der Waals surface area contributed by atoms with E-state index in [1.165, 1.54) is 37.7 Å². The first-order chi connectivity index (χ1) is 18.2. The molecule has 2 heterocycles. The number of nitrogens with zero attached hydrogens (tertiary/aromatic N) is 6. The Kier molecular flexibility index (Phi) is 7.59. The van der Waals surface area contributed by atoms with Crippen LogP contribution in [0.2, 0.25) is 0 Å². The van der Waals surface area contributed by atoms with Gasteiger partial charge in [0.15, 0.2) is 5.15 Å². The number of rotatable bonds is 7. The molecule has 0 radical (unpaired) electrons. The lowest BCUT2D eigenvalue weighted by Crippen LogP contribution is -2.48. The highest BCUT2D eigenvalue weighted by atomic mass is 32.1. The maximum Gasteiger partial charge on any atom is 0.430 e. The third-order valence-corrected chi connectivity index (χ3v) is 8.22. The van der Waals surface area contributed by atoms with Crippen molar-refractivity contribution in [2.24, 2.45) is 0 Å². The van der Waals surface area contributed by atoms with Crippen LogP contribution in [0.3, 0.4) is 0 Å². The van der Waals surface area contributed by atoms with Crippen LogP contribution in [0.25, 0.3) is 16.3 Å². The SMILES string of the molecule is CCN(C(=O)c1cc(-c2cn(-c3c(C)cc(C(F)(C(F)(F)F)C(F)(P)P)cc3C#N)nn2)sc1C#N)C1CC1. The van der Waals surface area contributed by atoms with E-state index in [9.17, 15) is 32.9 Å². The molecule has 39 heavy (non-hydrogen) atoms. The minimum Gasteiger partial charge on any atom is -0.336 e. The number of aryl methyl sites for hydroxylation is 1. The molecular formula is C24H21F5N6OP2S. The fraction of sp³-hybridized carbons (Fsp3) is 0.375. The maximum absolute atomic E-state index is 15.3. The van der Waals surface area contributed by atoms with Crippen LogP contribution in [-0.2, 0) is 5.67 Å². The molecule has 3 atom stereocenters. The number of halogens is 5. The van der Waals surface area contributed by atoms with Gasteiger partial charge >= 0.3 is 6.18 Å². The van der Waals surface area contributed by atoms with Crippen molar-refractivity contribution in [1.29, 1.82) is 10.5 Å². The highest BCUT2D eigenvalue weighted by Crippen LogP contribution is 2.58. The Morgan fingerprint density at radius 3 is 2.36 bits per heavy atom. The number of hydrogen-bond donors (Lipinski definition) is 0. The number of benzene rings is 1. The predicted octanol–water partition coefficient (Wildman–Crippen LogP) is 5.77. The molecule has 0 spiro atoms. The van der Waals surface area contributed by atoms with Gasteiger partial charge in [-0.05, 0) is 44.4 Å². The second kappa shape index (κ2) is 10.2. The van der Waals surface area contributed by atoms with E-state index in [1.807, 2.05) is 13.0 Å². The summed E-state index contributed by atoms with van der Waals surface area (Å²) in [5.74, 6) is -0.267. The quantitative estimate of drug-likeness (QED) is 0.254. The van der Waals surface area contributed by atoms with E-state index in [2.05, 4.69) is 10.3 Å². The number of aromatic nitrogens is 3. The van der Waals surface area contributed by atoms with Crippen LogP contribution in [0.15, 0.2) is 24.4 Å². The normalized spacial score (nSPS) is 15.4. The van der Waals surface area contributed by atoms with Gasteiger partial charge in [0.2, 0.25) is 0 Å². The summed E-state index contributed by atoms with van der Waals surface area (Å²) in [7, 11) is 2.39. The molecule has 0 N–H and O–H groups in total. The molecule has 3 aromatic rings. The van der Waals surface area contributed by atoms with Crippen LogP contribution < -0.4 is 0 Å². The Morgan fingerprint density at radius 2 is 1.85 bits per heavy atom. The van der Waals surface area contributed by atoms with Gasteiger partial charge in [0.1, 0.15) is 22.7 Å². The lowest BCUT2D eigenvalue weighted by atomic mass is 9.91. The minimum atomic E-state index is -5.63. The standard InChI is InChI=1S/C24H21F5N6OP2S/c1-3-34(15-4-5-15)21(36)16-8-18(39-19(16)10-31)17-11-35(33-32-17)20-12(2)6-14(7-13(20)9-30)22(25,23(26,27)28)24(29,37)38/h6-8,11,15H,3-5,37-38H2,1-2H3. The summed E-state index contributed by atoms with van der Waals surface area (Å²) < 4.78 is 72.1. The van der Waals surface area contributed by atoms with Crippen LogP contribution in [0.5, 0.6) is 0 Å². The second-order valence-electron chi connectivity index (χ2n) is 9.06. The van der Waals surface area contributed by atoms with E-state index in [-0.39, 0.29) is 39.3 Å². The fourth-order valence-corrected chi connectivity index (χ4v) is 5.88. The molecule has 1 aliphatic rings. The van der Waals surface area contributed by atoms with Crippen LogP contribution in [0.4, 0.5) is 22.0 Å². The number of hydrogen-bond acceptors (Lipinski definition) is 6. The van der Waals surface area contributed by atoms with Crippen LogP contribution >= 0.6 is 29.8 Å². The third-order valence-electron chi connectivity index (χ3n) is 6.37. The van der Waals surface area contributed by atoms with Crippen molar-refractivity contribution < 1.29 is 26.7 Å². The van der Waals surface area contributed by atoms with Gasteiger partial charge in [-0.15, -0.1) is 16.4 Å². The molecule has 15 heteroatoms. The third kappa shape index (κ3) is 5.04. The highest BCUT2D eigenvalue weighted by molar-refractivity contribution is 7.39. The van der Waals surface area contributed by atoms with E-state index in [1.54, 1.807) is 11.0 Å². The van der Waals surface area contributed by atoms with Crippen molar-refractivity contribution in [3.05, 3.63) is 51.5 Å². The maximum atomic E-state index is 15.3. The molecule has 7 nitrogen and oxygen atoms in total. The predicted molar refractivity (Wildman–Crippen MR) is 141 cm³/mol. The van der Waals surface area contributed by atoms with Crippen LogP contribution in [-0.4, -0.2) is 49.7 Å². The molecule has 204 valence electrons. The Balaban J connectivity index is 1.76. The molecule has 0 saturated heterocycles. The smallest absolute Gasteiger partial charge is 0.336 e. The first kappa shape index (κ1) is 29.0. The molecule has 4 rings (SSSR count). The first-order valence-electron chi connectivity index (χ1n) is 11.5. The zero-order valence-corrected chi connectivity index (χ0v) is 23.7. The average molecular weight is 598 g/mol. The van der Waals surface area contributed by atoms with E-state index in [0.717, 1.165) is 34.9 Å². The topological polar surface area (TPSA) is 98.6 Å². The van der Waals surface area contributed by atoms with E-state index < -0.39 is 28.1 Å². The van der Waals surface area contributed by atoms with Crippen molar-refractivity contribution in [2.75, 3.05) is 6.54 Å². The van der Waals surface area contributed by atoms with E-state index in [4.69, 9.17) is 0 Å². The molecular weight excluding hydrogens is 577 g/mol. The minimum absolute atomic E-state index is 0.00815. The van der Waals surface area contributed by atoms with Crippen molar-refractivity contribution in [3.8, 4) is 28.4 Å². The summed E-state index contributed by atoms with van der Waals surface area (Å²) >= 11 is 1.02. The number of carbonyl (C=O) groups is 1. The number of alkyl halides is 5. The lowest BCUT2D eigenvalue weighted by molar-refractivity contribution is -0.250. The number of amides is 1. The van der Waals surface area contributed by atoms with Gasteiger partial charge in [-0.1, -0.05) is 29.8 Å². The molecule has 1 aromatic carbocycles. The summed E-state index contributed by atoms with van der Waals surface area (Å²) in [6.45, 7) is 3.68. The monoisotopic (exact) mass is 598 g/mol. The summed E-state index contributed by atoms with van der Waals surface area (Å²) in [5.41, 5.74) is -5.43. The van der Waals surface area contributed by atoms with Gasteiger partial charge in [0.25, 0.3) is 11.6 Å². The number of thiophene rings is 1. The molecule has 1 amide bonds. The van der Waals surface area contributed by atoms with Gasteiger partial charge in [-0.25, -0.2) is 13.5 Å². The Morgan fingerprint density at radius 1 is 1.18 bits per heavy atom. The van der Waals surface area contributed by atoms with Crippen LogP contribution in [0, 0.1) is 29.6 Å². The summed E-state index contributed by atoms with van der Waals surface area (Å²) in [4.78, 5) is 15.4. The lowest BCUT2D eigenvalue weighted by Gasteiger charge is -2.36. The van der Waals surface area contributed by atoms with Gasteiger partial charge in [-0.3, -0.25) is 4.79 Å². The molecule has 0 aliphatic heterocycles. The van der Waals surface area contributed by atoms with Crippen molar-refractivity contribution in [3.63, 3.8) is 0 Å². The van der Waals surface area contributed by atoms with Crippen molar-refractivity contribution in [1.82, 2.24) is 19.9 Å². The first-order valence-corrected chi connectivity index (χ1v) is 13.5. The summed E-state index contributed by atoms with van der Waals surface area (Å²) in [5, 5.41) is 23.8. The zero-order valence-electron chi connectivity index (χ0n) is 20.6. The largest absolute Gasteiger partial charge is 0.430 e. The Bertz CT molecular complexity index is 1510. The van der Waals surface area contributed by atoms with Crippen molar-refractivity contribution in [2.45, 2.75) is 49.7 Å². The van der Waals surface area contributed by atoms with Gasteiger partial charge in [0.05, 0.1) is 27.9 Å². The van der Waals surface area contributed by atoms with Gasteiger partial charge in [-0.2, -0.15) is 23.7 Å². The summed E-state index contributed by atoms with van der Waals surface area (Å²) in [6.07, 6.45) is -2.45. The Labute approximate surface area is 229 Å². The zero-order chi connectivity index (χ0) is 28.9. The van der Waals surface area contributed by atoms with Crippen molar-refractivity contribution >= 4 is 35.7 Å². The molecule has 3 unspecified atom stereocenters. The fourth-order valence-electron chi connectivity index (χ4n) is 4.32. The second-order valence-corrected chi connectivity index (χ2v) is 12.5. The van der Waals surface area contributed by atoms with E-state index >= 15 is 4.39 Å². The molecule has 0 bridgehead atoms. The Hall–Kier alpha value is -2.98. The average Bonchev–Trinajstić information content (AvgIpc) is 3.40. The molecule has 1 saturated carbocycles. The van der Waals surface area contributed by atoms with Gasteiger partial charge < -0.3 is 4.90 Å². The van der Waals surface area contributed by atoms with E-state index in [0.29, 0.717) is 17.5 Å². The molecule has 1 fully saturated rings. The number of nitriles is 2. The number of carbonyl (C=O) groups excluding carboxylic acids is 1. The highest BCUT2D eigenvalue weighted by Gasteiger charge is 2.67.